The minimum Gasteiger partial charge on any atom is -0.383 e. The molecule has 0 aromatic carbocycles. The summed E-state index contributed by atoms with van der Waals surface area (Å²) in [5.74, 6) is 0. The monoisotopic (exact) mass is 333 g/mol. The second kappa shape index (κ2) is 7.02. The Balaban J connectivity index is 2.01. The van der Waals surface area contributed by atoms with Crippen molar-refractivity contribution < 1.29 is 4.74 Å². The molecular weight excluding hydrogens is 326 g/mol. The molecule has 0 amide bonds. The fraction of sp³-hybridized carbons (Fsp3) is 0.333. The predicted molar refractivity (Wildman–Crippen MR) is 76.2 cm³/mol. The number of halogens is 1. The van der Waals surface area contributed by atoms with E-state index in [-0.39, 0.29) is 5.15 Å². The van der Waals surface area contributed by atoms with E-state index in [1.54, 1.807) is 7.11 Å². The zero-order chi connectivity index (χ0) is 13.7. The van der Waals surface area contributed by atoms with Gasteiger partial charge >= 0.3 is 0 Å². The highest BCUT2D eigenvalue weighted by atomic mass is 35.5. The van der Waals surface area contributed by atoms with Crippen molar-refractivity contribution in [1.29, 1.82) is 5.26 Å². The number of hydrogen-bond donors (Lipinski definition) is 1. The number of ether oxygens (including phenoxy) is 1. The van der Waals surface area contributed by atoms with E-state index in [0.717, 1.165) is 8.55 Å². The predicted octanol–water partition coefficient (Wildman–Crippen LogP) is 2.73. The Labute approximate surface area is 126 Å². The largest absolute Gasteiger partial charge is 0.383 e. The molecular formula is C9H8ClN5OS3. The van der Waals surface area contributed by atoms with E-state index in [0.29, 0.717) is 23.8 Å². The van der Waals surface area contributed by atoms with Gasteiger partial charge in [-0.1, -0.05) is 22.9 Å². The highest BCUT2D eigenvalue weighted by Crippen LogP contribution is 2.38. The molecule has 0 unspecified atom stereocenters. The number of nitrogens with one attached hydrogen (secondary N) is 1. The molecule has 2 heterocycles. The van der Waals surface area contributed by atoms with Crippen LogP contribution in [-0.2, 0) is 4.74 Å². The maximum Gasteiger partial charge on any atom is 0.206 e. The van der Waals surface area contributed by atoms with E-state index in [1.807, 2.05) is 6.07 Å². The topological polar surface area (TPSA) is 83.7 Å². The van der Waals surface area contributed by atoms with Crippen LogP contribution in [0.15, 0.2) is 8.55 Å². The van der Waals surface area contributed by atoms with E-state index in [9.17, 15) is 0 Å². The normalized spacial score (nSPS) is 10.4. The number of hydrogen-bond acceptors (Lipinski definition) is 9. The molecule has 0 saturated heterocycles. The number of nitrogens with zero attached hydrogens (tertiary/aromatic N) is 4. The van der Waals surface area contributed by atoms with Gasteiger partial charge in [0.15, 0.2) is 9.49 Å². The first-order valence-corrected chi connectivity index (χ1v) is 7.82. The lowest BCUT2D eigenvalue weighted by Gasteiger charge is -1.98. The second-order valence-corrected chi connectivity index (χ2v) is 6.77. The van der Waals surface area contributed by atoms with E-state index in [2.05, 4.69) is 19.9 Å². The molecule has 0 aliphatic heterocycles. The summed E-state index contributed by atoms with van der Waals surface area (Å²) in [4.78, 5) is 0. The number of aromatic nitrogens is 3. The van der Waals surface area contributed by atoms with Crippen LogP contribution in [0.4, 0.5) is 5.13 Å². The first kappa shape index (κ1) is 14.5. The maximum atomic E-state index is 8.97. The lowest BCUT2D eigenvalue weighted by Crippen LogP contribution is -2.06. The maximum absolute atomic E-state index is 8.97. The van der Waals surface area contributed by atoms with Crippen molar-refractivity contribution in [3.8, 4) is 6.07 Å². The fourth-order valence-corrected chi connectivity index (χ4v) is 4.22. The summed E-state index contributed by atoms with van der Waals surface area (Å²) in [7, 11) is 1.64. The average Bonchev–Trinajstić information content (AvgIpc) is 2.98. The van der Waals surface area contributed by atoms with Crippen LogP contribution >= 0.6 is 46.2 Å². The van der Waals surface area contributed by atoms with Crippen molar-refractivity contribution in [3.05, 3.63) is 10.7 Å². The quantitative estimate of drug-likeness (QED) is 0.813. The Bertz CT molecular complexity index is 593. The summed E-state index contributed by atoms with van der Waals surface area (Å²) in [6, 6.07) is 2.03. The second-order valence-electron chi connectivity index (χ2n) is 3.14. The lowest BCUT2D eigenvalue weighted by molar-refractivity contribution is 0.211. The molecule has 0 radical (unpaired) electrons. The molecule has 2 rings (SSSR count). The molecule has 0 aliphatic rings. The van der Waals surface area contributed by atoms with Crippen molar-refractivity contribution >= 4 is 51.4 Å². The summed E-state index contributed by atoms with van der Waals surface area (Å²) >= 11 is 9.74. The molecule has 2 aromatic heterocycles. The highest BCUT2D eigenvalue weighted by molar-refractivity contribution is 8.02. The van der Waals surface area contributed by atoms with Gasteiger partial charge in [0.25, 0.3) is 0 Å². The first-order valence-electron chi connectivity index (χ1n) is 5.04. The third kappa shape index (κ3) is 3.77. The molecule has 6 nitrogen and oxygen atoms in total. The van der Waals surface area contributed by atoms with Gasteiger partial charge in [-0.3, -0.25) is 0 Å². The Hall–Kier alpha value is -0.920. The molecule has 0 fully saturated rings. The molecule has 10 heteroatoms. The van der Waals surface area contributed by atoms with Crippen LogP contribution in [0.2, 0.25) is 5.15 Å². The number of rotatable bonds is 6. The Morgan fingerprint density at radius 3 is 3.11 bits per heavy atom. The standard InChI is InChI=1S/C9H8ClN5OS3/c1-16-3-2-12-8-13-14-9(18-8)17-7-5(4-11)6(10)15-19-7/h2-3H2,1H3,(H,12,13). The smallest absolute Gasteiger partial charge is 0.206 e. The average molecular weight is 334 g/mol. The SMILES string of the molecule is COCCNc1nnc(Sc2snc(Cl)c2C#N)s1. The first-order chi connectivity index (χ1) is 9.24. The summed E-state index contributed by atoms with van der Waals surface area (Å²) < 4.78 is 10.3. The lowest BCUT2D eigenvalue weighted by atomic mass is 10.4. The van der Waals surface area contributed by atoms with E-state index >= 15 is 0 Å². The zero-order valence-corrected chi connectivity index (χ0v) is 12.9. The summed E-state index contributed by atoms with van der Waals surface area (Å²) in [5, 5.41) is 21.0. The van der Waals surface area contributed by atoms with Gasteiger partial charge in [0.05, 0.1) is 6.61 Å². The van der Waals surface area contributed by atoms with E-state index in [1.165, 1.54) is 34.6 Å². The van der Waals surface area contributed by atoms with E-state index < -0.39 is 0 Å². The Morgan fingerprint density at radius 1 is 1.53 bits per heavy atom. The summed E-state index contributed by atoms with van der Waals surface area (Å²) in [5.41, 5.74) is 0.390. The molecule has 0 aliphatic carbocycles. The van der Waals surface area contributed by atoms with Crippen LogP contribution in [0.5, 0.6) is 0 Å². The van der Waals surface area contributed by atoms with Crippen molar-refractivity contribution in [3.63, 3.8) is 0 Å². The van der Waals surface area contributed by atoms with Crippen molar-refractivity contribution in [2.24, 2.45) is 0 Å². The minimum absolute atomic E-state index is 0.234. The molecule has 0 spiro atoms. The van der Waals surface area contributed by atoms with Crippen LogP contribution in [0.25, 0.3) is 0 Å². The molecule has 100 valence electrons. The van der Waals surface area contributed by atoms with Crippen LogP contribution < -0.4 is 5.32 Å². The van der Waals surface area contributed by atoms with Gasteiger partial charge in [0.1, 0.15) is 15.8 Å². The van der Waals surface area contributed by atoms with Crippen LogP contribution in [0, 0.1) is 11.3 Å². The van der Waals surface area contributed by atoms with Gasteiger partial charge in [0.2, 0.25) is 5.13 Å². The molecule has 1 N–H and O–H groups in total. The Kier molecular flexibility index (Phi) is 5.35. The third-order valence-electron chi connectivity index (χ3n) is 1.90. The van der Waals surface area contributed by atoms with Crippen LogP contribution in [0.3, 0.4) is 0 Å². The summed E-state index contributed by atoms with van der Waals surface area (Å²) in [6.07, 6.45) is 0. The molecule has 0 saturated carbocycles. The fourth-order valence-electron chi connectivity index (χ4n) is 1.08. The van der Waals surface area contributed by atoms with Gasteiger partial charge in [-0.05, 0) is 23.3 Å². The van der Waals surface area contributed by atoms with Crippen LogP contribution in [0.1, 0.15) is 5.56 Å². The van der Waals surface area contributed by atoms with Gasteiger partial charge < -0.3 is 10.1 Å². The molecule has 19 heavy (non-hydrogen) atoms. The molecule has 2 aromatic rings. The highest BCUT2D eigenvalue weighted by Gasteiger charge is 2.15. The van der Waals surface area contributed by atoms with Crippen LogP contribution in [-0.4, -0.2) is 34.8 Å². The van der Waals surface area contributed by atoms with E-state index in [4.69, 9.17) is 21.6 Å². The van der Waals surface area contributed by atoms with Gasteiger partial charge in [-0.2, -0.15) is 9.64 Å². The Morgan fingerprint density at radius 2 is 2.37 bits per heavy atom. The van der Waals surface area contributed by atoms with Crippen molar-refractivity contribution in [2.45, 2.75) is 8.55 Å². The van der Waals surface area contributed by atoms with Gasteiger partial charge in [-0.15, -0.1) is 10.2 Å². The molecule has 0 bridgehead atoms. The van der Waals surface area contributed by atoms with Gasteiger partial charge in [0, 0.05) is 13.7 Å². The number of nitriles is 1. The number of methoxy groups -OCH3 is 1. The third-order valence-corrected chi connectivity index (χ3v) is 5.21. The minimum atomic E-state index is 0.234. The van der Waals surface area contributed by atoms with Gasteiger partial charge in [-0.25, -0.2) is 0 Å². The number of anilines is 1. The zero-order valence-electron chi connectivity index (χ0n) is 9.71. The van der Waals surface area contributed by atoms with Crippen molar-refractivity contribution in [1.82, 2.24) is 14.6 Å². The molecule has 0 atom stereocenters. The summed E-state index contributed by atoms with van der Waals surface area (Å²) in [6.45, 7) is 1.27. The van der Waals surface area contributed by atoms with Crippen molar-refractivity contribution in [2.75, 3.05) is 25.6 Å².